The minimum atomic E-state index is -3.61. The topological polar surface area (TPSA) is 89.0 Å². The Balaban J connectivity index is -0.0000000450. The minimum Gasteiger partial charge on any atom is 0 e. The average Bonchev–Trinajstić information content (AvgIpc) is 0.811. The van der Waals surface area contributed by atoms with Crippen molar-refractivity contribution in [3.05, 3.63) is 0 Å². The molecule has 0 amide bonds. The zero-order valence-electron chi connectivity index (χ0n) is 3.21. The summed E-state index contributed by atoms with van der Waals surface area (Å²) in [6.07, 6.45) is 0. The summed E-state index contributed by atoms with van der Waals surface area (Å²) in [6.45, 7) is 0. The van der Waals surface area contributed by atoms with Gasteiger partial charge >= 0.3 is 30.4 Å². The predicted molar refractivity (Wildman–Crippen MR) is 20.2 cm³/mol. The molecule has 0 atom stereocenters. The maximum atomic E-state index is 8.81. The molecule has 4 N–H and O–H groups in total. The van der Waals surface area contributed by atoms with Crippen LogP contribution in [-0.2, 0) is 3.10 Å². The first-order chi connectivity index (χ1) is 1.73. The Labute approximate surface area is 85.4 Å². The Morgan fingerprint density at radius 3 is 1.33 bits per heavy atom. The molecule has 0 aliphatic carbocycles. The largest absolute Gasteiger partial charge is 0 e. The van der Waals surface area contributed by atoms with Crippen molar-refractivity contribution in [2.45, 2.75) is 0 Å². The fourth-order valence-corrected chi connectivity index (χ4v) is 0. The van der Waals surface area contributed by atoms with Crippen molar-refractivity contribution in [1.29, 1.82) is 0 Å². The second-order valence-electron chi connectivity index (χ2n) is 0.231. The zero-order chi connectivity index (χ0) is 3.58. The smallest absolute Gasteiger partial charge is 0 e. The van der Waals surface area contributed by atoms with Crippen molar-refractivity contribution in [3.63, 3.8) is 0 Å². The molecule has 0 aromatic carbocycles. The normalized spacial score (nSPS) is 5.83. The van der Waals surface area contributed by atoms with Gasteiger partial charge in [-0.25, -0.2) is 0 Å². The van der Waals surface area contributed by atoms with Crippen molar-refractivity contribution in [2.75, 3.05) is 0 Å². The second kappa shape index (κ2) is 10.2. The molecule has 0 spiro atoms. The van der Waals surface area contributed by atoms with Gasteiger partial charge in [-0.05, 0) is 0 Å². The van der Waals surface area contributed by atoms with Crippen molar-refractivity contribution < 1.29 is 15.5 Å². The van der Waals surface area contributed by atoms with Crippen LogP contribution in [0.1, 0.15) is 0 Å². The summed E-state index contributed by atoms with van der Waals surface area (Å²) in [4.78, 5) is 0. The van der Waals surface area contributed by atoms with E-state index < -0.39 is 20.4 Å². The van der Waals surface area contributed by atoms with Crippen LogP contribution in [0, 0.1) is 0 Å². The van der Waals surface area contributed by atoms with E-state index in [1.165, 1.54) is 0 Å². The Bertz CT molecular complexity index is 30.5. The predicted octanol–water partition coefficient (Wildman–Crippen LogP) is -2.82. The van der Waals surface area contributed by atoms with Crippen LogP contribution in [0.2, 0.25) is 0 Å². The Hall–Kier alpha value is 2.11. The maximum Gasteiger partial charge on any atom is 0 e. The van der Waals surface area contributed by atoms with Gasteiger partial charge in [0.25, 0.3) is 0 Å². The van der Waals surface area contributed by atoms with Gasteiger partial charge in [-0.2, -0.15) is 0 Å². The third-order valence-electron chi connectivity index (χ3n) is 0. The van der Waals surface area contributed by atoms with Gasteiger partial charge < -0.3 is 5.48 Å². The molecule has 35 valence electrons. The van der Waals surface area contributed by atoms with Gasteiger partial charge in [0, 0.05) is 51.4 Å². The monoisotopic (exact) mass is 237 g/mol. The molecule has 0 saturated heterocycles. The molecule has 0 bridgehead atoms. The van der Waals surface area contributed by atoms with Gasteiger partial charge in [-0.3, -0.25) is 0 Å². The molecule has 1 radical (unpaired) electrons. The van der Waals surface area contributed by atoms with Crippen LogP contribution in [0.5, 0.6) is 0 Å². The first-order valence-corrected chi connectivity index (χ1v) is 3.57. The van der Waals surface area contributed by atoms with Crippen molar-refractivity contribution in [1.82, 2.24) is 0 Å². The van der Waals surface area contributed by atoms with Gasteiger partial charge in [0.15, 0.2) is 0 Å². The van der Waals surface area contributed by atoms with E-state index in [9.17, 15) is 0 Å². The third-order valence-corrected chi connectivity index (χ3v) is 0. The van der Waals surface area contributed by atoms with E-state index in [0.29, 0.717) is 0 Å². The molecule has 0 heterocycles. The van der Waals surface area contributed by atoms with Gasteiger partial charge in [0.1, 0.15) is 0 Å². The van der Waals surface area contributed by atoms with E-state index in [0.717, 1.165) is 0 Å². The standard InChI is InChI=1S/K.H2O3Te.H2O/c;1-4(2)3;/h;(H2,1,2,3);1H2. The summed E-state index contributed by atoms with van der Waals surface area (Å²) in [7, 11) is 0. The molecule has 0 aliphatic rings. The van der Waals surface area contributed by atoms with Crippen LogP contribution >= 0.6 is 0 Å². The van der Waals surface area contributed by atoms with Crippen LogP contribution in [0.15, 0.2) is 0 Å². The van der Waals surface area contributed by atoms with E-state index in [1.807, 2.05) is 0 Å². The fraction of sp³-hybridized carbons (Fsp3) is 0. The Morgan fingerprint density at radius 2 is 1.33 bits per heavy atom. The van der Waals surface area contributed by atoms with E-state index in [-0.39, 0.29) is 56.9 Å². The molecule has 4 nitrogen and oxygen atoms in total. The summed E-state index contributed by atoms with van der Waals surface area (Å²) in [5.74, 6) is 0. The van der Waals surface area contributed by atoms with E-state index in [1.54, 1.807) is 0 Å². The van der Waals surface area contributed by atoms with Crippen LogP contribution in [0.3, 0.4) is 0 Å². The molecule has 0 saturated carbocycles. The SMILES string of the molecule is O.O=[Te](O)O.[K]. The van der Waals surface area contributed by atoms with Crippen LogP contribution < -0.4 is 0 Å². The number of hydrogen-bond donors (Lipinski definition) is 2. The van der Waals surface area contributed by atoms with Crippen molar-refractivity contribution in [2.24, 2.45) is 0 Å². The van der Waals surface area contributed by atoms with E-state index in [4.69, 9.17) is 10.0 Å². The molecule has 0 aromatic heterocycles. The maximum absolute atomic E-state index is 8.81. The van der Waals surface area contributed by atoms with Gasteiger partial charge in [0.2, 0.25) is 0 Å². The Kier molecular flexibility index (Phi) is 26.6. The Morgan fingerprint density at radius 1 is 1.33 bits per heavy atom. The molecule has 0 aromatic rings. The van der Waals surface area contributed by atoms with Crippen LogP contribution in [0.4, 0.5) is 0 Å². The van der Waals surface area contributed by atoms with Crippen molar-refractivity contribution >= 4 is 71.7 Å². The van der Waals surface area contributed by atoms with Crippen molar-refractivity contribution in [3.8, 4) is 0 Å². The van der Waals surface area contributed by atoms with Crippen LogP contribution in [-0.4, -0.2) is 84.2 Å². The van der Waals surface area contributed by atoms with E-state index >= 15 is 0 Å². The number of hydrogen-bond acceptors (Lipinski definition) is 1. The third kappa shape index (κ3) is 35.9. The molecule has 6 heavy (non-hydrogen) atoms. The first-order valence-electron chi connectivity index (χ1n) is 0.532. The summed E-state index contributed by atoms with van der Waals surface area (Å²) < 4.78 is 23.3. The first kappa shape index (κ1) is 15.7. The quantitative estimate of drug-likeness (QED) is 0.443. The average molecular weight is 235 g/mol. The van der Waals surface area contributed by atoms with Gasteiger partial charge in [-0.1, -0.05) is 0 Å². The van der Waals surface area contributed by atoms with E-state index in [2.05, 4.69) is 0 Å². The second-order valence-corrected chi connectivity index (χ2v) is 1.55. The minimum absolute atomic E-state index is 0. The molecule has 6 heteroatoms. The summed E-state index contributed by atoms with van der Waals surface area (Å²) in [5, 5.41) is 0. The summed E-state index contributed by atoms with van der Waals surface area (Å²) >= 11 is -3.61. The molecule has 0 aliphatic heterocycles. The summed E-state index contributed by atoms with van der Waals surface area (Å²) in [5.41, 5.74) is 0. The van der Waals surface area contributed by atoms with Crippen LogP contribution in [0.25, 0.3) is 0 Å². The van der Waals surface area contributed by atoms with Gasteiger partial charge in [-0.15, -0.1) is 0 Å². The fourth-order valence-electron chi connectivity index (χ4n) is 0. The molecule has 0 unspecified atom stereocenters. The zero-order valence-corrected chi connectivity index (χ0v) is 8.66. The molecular weight excluding hydrogens is 231 g/mol. The molecule has 0 rings (SSSR count). The summed E-state index contributed by atoms with van der Waals surface area (Å²) in [6, 6.07) is 0. The number of rotatable bonds is 0. The van der Waals surface area contributed by atoms with Gasteiger partial charge in [0.05, 0.1) is 0 Å². The molecular formula is H4KO4Te. The molecule has 0 fully saturated rings.